The maximum absolute atomic E-state index is 5.46. The van der Waals surface area contributed by atoms with Gasteiger partial charge in [-0.1, -0.05) is 12.1 Å². The zero-order valence-corrected chi connectivity index (χ0v) is 15.7. The molecule has 0 bridgehead atoms. The molecule has 2 aromatic rings. The second kappa shape index (κ2) is 8.16. The number of azo groups is 1. The van der Waals surface area contributed by atoms with E-state index in [0.717, 1.165) is 22.2 Å². The highest BCUT2D eigenvalue weighted by molar-refractivity contribution is 6.75. The van der Waals surface area contributed by atoms with Crippen LogP contribution in [-0.4, -0.2) is 44.2 Å². The summed E-state index contributed by atoms with van der Waals surface area (Å²) in [6.45, 7) is 0. The van der Waals surface area contributed by atoms with Gasteiger partial charge in [-0.15, -0.1) is 0 Å². The van der Waals surface area contributed by atoms with E-state index in [2.05, 4.69) is 10.2 Å². The molecule has 24 heavy (non-hydrogen) atoms. The molecule has 0 saturated heterocycles. The molecule has 0 aliphatic rings. The molecule has 6 nitrogen and oxygen atoms in total. The van der Waals surface area contributed by atoms with Gasteiger partial charge in [-0.05, 0) is 36.4 Å². The second-order valence-electron chi connectivity index (χ2n) is 5.33. The number of nitrogens with zero attached hydrogens (tertiary/aromatic N) is 3. The van der Waals surface area contributed by atoms with Gasteiger partial charge in [-0.25, -0.2) is 0 Å². The molecule has 0 fully saturated rings. The first-order chi connectivity index (χ1) is 11.5. The van der Waals surface area contributed by atoms with Crippen LogP contribution in [0.4, 0.5) is 17.1 Å². The quantitative estimate of drug-likeness (QED) is 0.571. The molecular weight excluding hydrogens is 322 g/mol. The smallest absolute Gasteiger partial charge is 0.378 e. The fraction of sp³-hybridized carbons (Fsp3) is 0.294. The van der Waals surface area contributed by atoms with Crippen LogP contribution in [0.2, 0.25) is 0 Å². The van der Waals surface area contributed by atoms with Crippen molar-refractivity contribution in [3.05, 3.63) is 48.5 Å². The van der Waals surface area contributed by atoms with E-state index in [1.165, 1.54) is 0 Å². The van der Waals surface area contributed by atoms with Gasteiger partial charge >= 0.3 is 8.80 Å². The van der Waals surface area contributed by atoms with Gasteiger partial charge < -0.3 is 18.2 Å². The fourth-order valence-electron chi connectivity index (χ4n) is 2.27. The fourth-order valence-corrected chi connectivity index (χ4v) is 4.05. The first-order valence-corrected chi connectivity index (χ1v) is 9.22. The Morgan fingerprint density at radius 2 is 1.12 bits per heavy atom. The highest BCUT2D eigenvalue weighted by Gasteiger charge is 2.40. The summed E-state index contributed by atoms with van der Waals surface area (Å²) in [6.07, 6.45) is 0. The molecule has 0 aliphatic carbocycles. The minimum absolute atomic E-state index is 0.752. The lowest BCUT2D eigenvalue weighted by Gasteiger charge is -2.24. The highest BCUT2D eigenvalue weighted by atomic mass is 28.4. The van der Waals surface area contributed by atoms with E-state index >= 15 is 0 Å². The van der Waals surface area contributed by atoms with Gasteiger partial charge in [0.1, 0.15) is 0 Å². The molecule has 128 valence electrons. The predicted molar refractivity (Wildman–Crippen MR) is 97.8 cm³/mol. The molecule has 0 saturated carbocycles. The first-order valence-electron chi connectivity index (χ1n) is 7.50. The molecule has 0 aromatic heterocycles. The van der Waals surface area contributed by atoms with Gasteiger partial charge in [-0.2, -0.15) is 10.2 Å². The van der Waals surface area contributed by atoms with Gasteiger partial charge in [0.15, 0.2) is 0 Å². The summed E-state index contributed by atoms with van der Waals surface area (Å²) >= 11 is 0. The van der Waals surface area contributed by atoms with E-state index in [1.54, 1.807) is 21.3 Å². The van der Waals surface area contributed by atoms with Gasteiger partial charge in [-0.3, -0.25) is 0 Å². The molecule has 0 radical (unpaired) electrons. The molecular formula is C17H23N3O3Si. The van der Waals surface area contributed by atoms with Crippen molar-refractivity contribution in [2.45, 2.75) is 0 Å². The Bertz CT molecular complexity index is 660. The van der Waals surface area contributed by atoms with Crippen molar-refractivity contribution in [2.75, 3.05) is 40.3 Å². The van der Waals surface area contributed by atoms with Crippen molar-refractivity contribution in [1.82, 2.24) is 0 Å². The van der Waals surface area contributed by atoms with E-state index in [9.17, 15) is 0 Å². The predicted octanol–water partition coefficient (Wildman–Crippen LogP) is 3.25. The first kappa shape index (κ1) is 18.3. The van der Waals surface area contributed by atoms with E-state index in [1.807, 2.05) is 67.5 Å². The molecule has 2 aromatic carbocycles. The Morgan fingerprint density at radius 3 is 1.50 bits per heavy atom. The zero-order chi connectivity index (χ0) is 17.6. The van der Waals surface area contributed by atoms with Crippen molar-refractivity contribution in [1.29, 1.82) is 0 Å². The molecule has 0 amide bonds. The third kappa shape index (κ3) is 4.07. The summed E-state index contributed by atoms with van der Waals surface area (Å²) in [5.41, 5.74) is 2.68. The van der Waals surface area contributed by atoms with Crippen LogP contribution >= 0.6 is 0 Å². The molecule has 0 N–H and O–H groups in total. The Morgan fingerprint density at radius 1 is 0.708 bits per heavy atom. The van der Waals surface area contributed by atoms with Crippen molar-refractivity contribution < 1.29 is 13.3 Å². The minimum Gasteiger partial charge on any atom is -0.378 e. The lowest BCUT2D eigenvalue weighted by molar-refractivity contribution is 0.140. The SMILES string of the molecule is CO[Si](OC)(OC)c1ccc(/N=N/c2ccc(N(C)C)cc2)cc1. The summed E-state index contributed by atoms with van der Waals surface area (Å²) in [6, 6.07) is 15.4. The van der Waals surface area contributed by atoms with Crippen LogP contribution in [0.25, 0.3) is 0 Å². The van der Waals surface area contributed by atoms with Crippen LogP contribution in [0, 0.1) is 0 Å². The van der Waals surface area contributed by atoms with Crippen LogP contribution in [0.15, 0.2) is 58.8 Å². The van der Waals surface area contributed by atoms with E-state index in [4.69, 9.17) is 13.3 Å². The van der Waals surface area contributed by atoms with Crippen LogP contribution in [0.5, 0.6) is 0 Å². The Balaban J connectivity index is 2.13. The monoisotopic (exact) mass is 345 g/mol. The average Bonchev–Trinajstić information content (AvgIpc) is 2.63. The molecule has 0 spiro atoms. The van der Waals surface area contributed by atoms with E-state index in [-0.39, 0.29) is 0 Å². The Kier molecular flexibility index (Phi) is 6.21. The van der Waals surface area contributed by atoms with Crippen LogP contribution in [-0.2, 0) is 13.3 Å². The largest absolute Gasteiger partial charge is 0.536 e. The van der Waals surface area contributed by atoms with Gasteiger partial charge in [0.05, 0.1) is 11.4 Å². The highest BCUT2D eigenvalue weighted by Crippen LogP contribution is 2.21. The Labute approximate surface area is 144 Å². The van der Waals surface area contributed by atoms with Crippen molar-refractivity contribution in [3.63, 3.8) is 0 Å². The Hall–Kier alpha value is -2.06. The van der Waals surface area contributed by atoms with Crippen molar-refractivity contribution >= 4 is 31.1 Å². The minimum atomic E-state index is -2.80. The maximum Gasteiger partial charge on any atom is 0.536 e. The summed E-state index contributed by atoms with van der Waals surface area (Å²) in [5, 5.41) is 9.39. The second-order valence-corrected chi connectivity index (χ2v) is 8.24. The van der Waals surface area contributed by atoms with E-state index < -0.39 is 8.80 Å². The zero-order valence-electron chi connectivity index (χ0n) is 14.7. The van der Waals surface area contributed by atoms with Crippen LogP contribution in [0.3, 0.4) is 0 Å². The summed E-state index contributed by atoms with van der Waals surface area (Å²) in [4.78, 5) is 2.04. The standard InChI is InChI=1S/C17H23N3O3Si/c1-20(2)16-10-6-14(7-11-16)18-19-15-8-12-17(13-9-15)24(21-3,22-4)23-5/h6-13H,1-5H3/b19-18+. The molecule has 0 aliphatic heterocycles. The molecule has 2 rings (SSSR count). The molecule has 0 heterocycles. The molecule has 7 heteroatoms. The van der Waals surface area contributed by atoms with Gasteiger partial charge in [0.2, 0.25) is 0 Å². The molecule has 0 atom stereocenters. The normalized spacial score (nSPS) is 11.9. The topological polar surface area (TPSA) is 55.6 Å². The third-order valence-electron chi connectivity index (χ3n) is 3.67. The summed E-state index contributed by atoms with van der Waals surface area (Å²) in [7, 11) is 5.97. The van der Waals surface area contributed by atoms with Crippen molar-refractivity contribution in [2.24, 2.45) is 10.2 Å². The number of anilines is 1. The van der Waals surface area contributed by atoms with Gasteiger partial charge in [0, 0.05) is 46.3 Å². The average molecular weight is 345 g/mol. The summed E-state index contributed by atoms with van der Waals surface area (Å²) in [5.74, 6) is 0. The van der Waals surface area contributed by atoms with Crippen LogP contribution < -0.4 is 10.1 Å². The number of hydrogen-bond donors (Lipinski definition) is 0. The van der Waals surface area contributed by atoms with E-state index in [0.29, 0.717) is 0 Å². The lowest BCUT2D eigenvalue weighted by Crippen LogP contribution is -2.54. The number of rotatable bonds is 7. The number of hydrogen-bond acceptors (Lipinski definition) is 6. The van der Waals surface area contributed by atoms with Crippen molar-refractivity contribution in [3.8, 4) is 0 Å². The molecule has 0 unspecified atom stereocenters. The maximum atomic E-state index is 5.46. The summed E-state index contributed by atoms with van der Waals surface area (Å²) < 4.78 is 16.4. The third-order valence-corrected chi connectivity index (χ3v) is 6.33. The lowest BCUT2D eigenvalue weighted by atomic mass is 10.3. The number of benzene rings is 2. The van der Waals surface area contributed by atoms with Crippen LogP contribution in [0.1, 0.15) is 0 Å². The van der Waals surface area contributed by atoms with Gasteiger partial charge in [0.25, 0.3) is 0 Å².